The molecule has 5 heterocycles. The molecule has 0 aliphatic carbocycles. The fourth-order valence-corrected chi connectivity index (χ4v) is 7.30. The number of nitrogens with zero attached hydrogens (tertiary/aromatic N) is 5. The second-order valence-corrected chi connectivity index (χ2v) is 11.1. The van der Waals surface area contributed by atoms with Crippen LogP contribution in [0.3, 0.4) is 0 Å². The molecule has 43 heavy (non-hydrogen) atoms. The molecule has 0 radical (unpaired) electrons. The Morgan fingerprint density at radius 2 is 1.12 bits per heavy atom. The van der Waals surface area contributed by atoms with Gasteiger partial charge in [-0.3, -0.25) is 9.38 Å². The second kappa shape index (κ2) is 8.30. The lowest BCUT2D eigenvalue weighted by atomic mass is 10.00. The minimum Gasteiger partial charge on any atom is -0.309 e. The van der Waals surface area contributed by atoms with Crippen molar-refractivity contribution in [3.05, 3.63) is 140 Å². The summed E-state index contributed by atoms with van der Waals surface area (Å²) in [6.07, 6.45) is 7.74. The zero-order valence-corrected chi connectivity index (χ0v) is 23.0. The summed E-state index contributed by atoms with van der Waals surface area (Å²) < 4.78 is 7.00. The lowest BCUT2D eigenvalue weighted by Crippen LogP contribution is -1.95. The Bertz CT molecular complexity index is 2710. The highest BCUT2D eigenvalue weighted by molar-refractivity contribution is 6.34. The third kappa shape index (κ3) is 2.90. The van der Waals surface area contributed by atoms with Gasteiger partial charge in [0.1, 0.15) is 5.65 Å². The number of fused-ring (bicyclic) bond motifs is 14. The van der Waals surface area contributed by atoms with Crippen molar-refractivity contribution < 1.29 is 0 Å². The van der Waals surface area contributed by atoms with Crippen molar-refractivity contribution in [3.8, 4) is 11.4 Å². The first-order valence-electron chi connectivity index (χ1n) is 14.5. The van der Waals surface area contributed by atoms with Gasteiger partial charge in [0, 0.05) is 67.7 Å². The van der Waals surface area contributed by atoms with Gasteiger partial charge in [-0.05, 0) is 54.6 Å². The summed E-state index contributed by atoms with van der Waals surface area (Å²) in [6.45, 7) is 0. The Balaban J connectivity index is 1.52. The summed E-state index contributed by atoms with van der Waals surface area (Å²) in [4.78, 5) is 9.30. The molecule has 5 nitrogen and oxygen atoms in total. The lowest BCUT2D eigenvalue weighted by molar-refractivity contribution is 1.17. The van der Waals surface area contributed by atoms with Crippen molar-refractivity contribution in [3.63, 3.8) is 0 Å². The Morgan fingerprint density at radius 3 is 1.93 bits per heavy atom. The van der Waals surface area contributed by atoms with Crippen LogP contribution < -0.4 is 0 Å². The number of aromatic nitrogens is 5. The molecule has 0 unspecified atom stereocenters. The fraction of sp³-hybridized carbons (Fsp3) is 0. The normalized spacial score (nSPS) is 12.2. The van der Waals surface area contributed by atoms with E-state index >= 15 is 0 Å². The Kier molecular flexibility index (Phi) is 4.39. The van der Waals surface area contributed by atoms with Crippen LogP contribution in [0, 0.1) is 0 Å². The molecule has 0 saturated carbocycles. The highest BCUT2D eigenvalue weighted by Crippen LogP contribution is 2.45. The molecule has 0 amide bonds. The summed E-state index contributed by atoms with van der Waals surface area (Å²) in [5, 5.41) is 8.45. The van der Waals surface area contributed by atoms with Gasteiger partial charge in [0.2, 0.25) is 0 Å². The molecule has 5 aromatic heterocycles. The van der Waals surface area contributed by atoms with Gasteiger partial charge in [-0.1, -0.05) is 60.7 Å². The third-order valence-corrected chi connectivity index (χ3v) is 8.97. The SMILES string of the molecule is c1ccc(-n2c3ccccc3c3c2ccc2c4c5c6ccncc6n6ccnc6c5ccc4n(-c4ccccc4)c23)cc1. The Hall–Kier alpha value is -5.94. The smallest absolute Gasteiger partial charge is 0.145 e. The molecular weight excluding hydrogens is 526 g/mol. The summed E-state index contributed by atoms with van der Waals surface area (Å²) in [7, 11) is 0. The minimum absolute atomic E-state index is 0.944. The Labute approximate surface area is 245 Å². The van der Waals surface area contributed by atoms with E-state index in [1.807, 2.05) is 24.8 Å². The maximum Gasteiger partial charge on any atom is 0.145 e. The van der Waals surface area contributed by atoms with Gasteiger partial charge in [-0.25, -0.2) is 4.98 Å². The first-order valence-corrected chi connectivity index (χ1v) is 14.5. The summed E-state index contributed by atoms with van der Waals surface area (Å²) in [5.74, 6) is 0. The highest BCUT2D eigenvalue weighted by Gasteiger charge is 2.23. The predicted octanol–water partition coefficient (Wildman–Crippen LogP) is 9.23. The van der Waals surface area contributed by atoms with Crippen LogP contribution in [0.15, 0.2) is 140 Å². The first-order chi connectivity index (χ1) is 21.4. The van der Waals surface area contributed by atoms with E-state index in [-0.39, 0.29) is 0 Å². The highest BCUT2D eigenvalue weighted by atomic mass is 15.0. The molecule has 0 aliphatic rings. The van der Waals surface area contributed by atoms with Crippen molar-refractivity contribution in [1.82, 2.24) is 23.5 Å². The summed E-state index contributed by atoms with van der Waals surface area (Å²) in [6, 6.07) is 41.5. The topological polar surface area (TPSA) is 40.1 Å². The maximum absolute atomic E-state index is 4.80. The molecule has 0 N–H and O–H groups in total. The molecule has 10 aromatic rings. The van der Waals surface area contributed by atoms with Gasteiger partial charge >= 0.3 is 0 Å². The number of para-hydroxylation sites is 3. The van der Waals surface area contributed by atoms with Crippen LogP contribution in [0.1, 0.15) is 0 Å². The van der Waals surface area contributed by atoms with E-state index in [2.05, 4.69) is 134 Å². The van der Waals surface area contributed by atoms with Crippen LogP contribution >= 0.6 is 0 Å². The van der Waals surface area contributed by atoms with E-state index in [4.69, 9.17) is 4.98 Å². The maximum atomic E-state index is 4.80. The van der Waals surface area contributed by atoms with E-state index in [1.54, 1.807) is 0 Å². The number of hydrogen-bond donors (Lipinski definition) is 0. The van der Waals surface area contributed by atoms with E-state index < -0.39 is 0 Å². The van der Waals surface area contributed by atoms with Crippen LogP contribution in [0.5, 0.6) is 0 Å². The van der Waals surface area contributed by atoms with Crippen molar-refractivity contribution >= 4 is 70.9 Å². The van der Waals surface area contributed by atoms with Gasteiger partial charge in [0.25, 0.3) is 0 Å². The molecule has 0 fully saturated rings. The number of imidazole rings is 1. The van der Waals surface area contributed by atoms with Gasteiger partial charge < -0.3 is 9.13 Å². The molecule has 0 spiro atoms. The molecule has 10 rings (SSSR count). The quantitative estimate of drug-likeness (QED) is 0.202. The Morgan fingerprint density at radius 1 is 0.442 bits per heavy atom. The number of hydrogen-bond acceptors (Lipinski definition) is 2. The average molecular weight is 550 g/mol. The number of benzene rings is 5. The van der Waals surface area contributed by atoms with Crippen LogP contribution in [0.2, 0.25) is 0 Å². The molecule has 5 aromatic carbocycles. The van der Waals surface area contributed by atoms with Crippen LogP contribution in [0.25, 0.3) is 82.3 Å². The molecule has 200 valence electrons. The molecular formula is C38H23N5. The minimum atomic E-state index is 0.944. The first kappa shape index (κ1) is 22.7. The van der Waals surface area contributed by atoms with Gasteiger partial charge in [0.05, 0.1) is 33.8 Å². The zero-order valence-electron chi connectivity index (χ0n) is 23.0. The third-order valence-electron chi connectivity index (χ3n) is 8.97. The van der Waals surface area contributed by atoms with E-state index in [0.29, 0.717) is 0 Å². The standard InChI is InChI=1S/C38H23N5/c1-3-9-24(10-4-1)42-30-14-8-7-13-26(30)36-32(42)17-15-28-35-31(43(37(28)36)25-11-5-2-6-12-25)18-16-29-34(35)27-19-20-39-23-33(27)41-22-21-40-38(29)41/h1-23H. The van der Waals surface area contributed by atoms with Gasteiger partial charge in [0.15, 0.2) is 0 Å². The summed E-state index contributed by atoms with van der Waals surface area (Å²) >= 11 is 0. The van der Waals surface area contributed by atoms with Gasteiger partial charge in [-0.2, -0.15) is 0 Å². The van der Waals surface area contributed by atoms with E-state index in [0.717, 1.165) is 27.9 Å². The van der Waals surface area contributed by atoms with E-state index in [9.17, 15) is 0 Å². The largest absolute Gasteiger partial charge is 0.309 e. The van der Waals surface area contributed by atoms with E-state index in [1.165, 1.54) is 54.4 Å². The molecule has 0 saturated heterocycles. The fourth-order valence-electron chi connectivity index (χ4n) is 7.30. The monoisotopic (exact) mass is 549 g/mol. The van der Waals surface area contributed by atoms with Crippen molar-refractivity contribution in [1.29, 1.82) is 0 Å². The van der Waals surface area contributed by atoms with Crippen LogP contribution in [-0.4, -0.2) is 23.5 Å². The second-order valence-electron chi connectivity index (χ2n) is 11.1. The van der Waals surface area contributed by atoms with Gasteiger partial charge in [-0.15, -0.1) is 0 Å². The lowest BCUT2D eigenvalue weighted by Gasteiger charge is -2.11. The molecule has 0 atom stereocenters. The molecule has 5 heteroatoms. The van der Waals surface area contributed by atoms with Crippen LogP contribution in [0.4, 0.5) is 0 Å². The number of pyridine rings is 2. The predicted molar refractivity (Wildman–Crippen MR) is 177 cm³/mol. The molecule has 0 bridgehead atoms. The van der Waals surface area contributed by atoms with Crippen LogP contribution in [-0.2, 0) is 0 Å². The molecule has 0 aliphatic heterocycles. The average Bonchev–Trinajstić information content (AvgIpc) is 3.78. The number of rotatable bonds is 2. The van der Waals surface area contributed by atoms with Crippen molar-refractivity contribution in [2.75, 3.05) is 0 Å². The zero-order chi connectivity index (χ0) is 28.1. The van der Waals surface area contributed by atoms with Crippen molar-refractivity contribution in [2.45, 2.75) is 0 Å². The summed E-state index contributed by atoms with van der Waals surface area (Å²) in [5.41, 5.74) is 9.06. The van der Waals surface area contributed by atoms with Crippen molar-refractivity contribution in [2.24, 2.45) is 0 Å².